The van der Waals surface area contributed by atoms with E-state index in [2.05, 4.69) is 16.0 Å². The van der Waals surface area contributed by atoms with Gasteiger partial charge in [0.15, 0.2) is 0 Å². The maximum atomic E-state index is 12.1. The second kappa shape index (κ2) is 8.84. The van der Waals surface area contributed by atoms with E-state index in [1.807, 2.05) is 0 Å². The summed E-state index contributed by atoms with van der Waals surface area (Å²) in [5.41, 5.74) is 1.48. The first-order valence-corrected chi connectivity index (χ1v) is 8.03. The Kier molecular flexibility index (Phi) is 6.54. The van der Waals surface area contributed by atoms with Crippen molar-refractivity contribution < 1.29 is 14.4 Å². The summed E-state index contributed by atoms with van der Waals surface area (Å²) in [4.78, 5) is 35.0. The lowest BCUT2D eigenvalue weighted by Gasteiger charge is -2.08. The Hall–Kier alpha value is -2.86. The van der Waals surface area contributed by atoms with E-state index in [0.29, 0.717) is 28.4 Å². The number of amides is 3. The van der Waals surface area contributed by atoms with Crippen molar-refractivity contribution >= 4 is 35.0 Å². The number of hydrogen-bond acceptors (Lipinski definition) is 3. The highest BCUT2D eigenvalue weighted by molar-refractivity contribution is 6.30. The molecule has 0 heterocycles. The predicted molar refractivity (Wildman–Crippen MR) is 96.9 cm³/mol. The van der Waals surface area contributed by atoms with Crippen molar-refractivity contribution in [2.24, 2.45) is 0 Å². The van der Waals surface area contributed by atoms with Gasteiger partial charge >= 0.3 is 0 Å². The highest BCUT2D eigenvalue weighted by atomic mass is 35.5. The topological polar surface area (TPSA) is 87.3 Å². The molecular weight excluding hydrogens is 342 g/mol. The van der Waals surface area contributed by atoms with Crippen molar-refractivity contribution in [3.05, 3.63) is 64.7 Å². The molecule has 0 aliphatic carbocycles. The largest absolute Gasteiger partial charge is 0.350 e. The van der Waals surface area contributed by atoms with Crippen molar-refractivity contribution in [1.29, 1.82) is 0 Å². The van der Waals surface area contributed by atoms with Crippen molar-refractivity contribution in [2.75, 3.05) is 18.4 Å². The average Bonchev–Trinajstić information content (AvgIpc) is 2.58. The van der Waals surface area contributed by atoms with Gasteiger partial charge in [0.25, 0.3) is 11.8 Å². The number of nitrogens with one attached hydrogen (secondary N) is 3. The molecule has 0 bridgehead atoms. The number of hydrogen-bond donors (Lipinski definition) is 3. The highest BCUT2D eigenvalue weighted by Crippen LogP contribution is 2.11. The standard InChI is InChI=1S/C18H18ClN3O3/c1-12(23)22-16-4-2-3-14(11-16)18(25)21-10-9-20-17(24)13-5-7-15(19)8-6-13/h2-8,11H,9-10H2,1H3,(H,20,24)(H,21,25)(H,22,23). The van der Waals surface area contributed by atoms with Gasteiger partial charge in [-0.15, -0.1) is 0 Å². The molecule has 0 radical (unpaired) electrons. The molecule has 7 heteroatoms. The van der Waals surface area contributed by atoms with Crippen LogP contribution in [0.2, 0.25) is 5.02 Å². The first-order valence-electron chi connectivity index (χ1n) is 7.65. The monoisotopic (exact) mass is 359 g/mol. The normalized spacial score (nSPS) is 10.0. The molecule has 3 amide bonds. The third-order valence-corrected chi connectivity index (χ3v) is 3.50. The molecule has 0 saturated heterocycles. The summed E-state index contributed by atoms with van der Waals surface area (Å²) < 4.78 is 0. The first-order chi connectivity index (χ1) is 12.0. The highest BCUT2D eigenvalue weighted by Gasteiger charge is 2.08. The first kappa shape index (κ1) is 18.5. The smallest absolute Gasteiger partial charge is 0.251 e. The van der Waals surface area contributed by atoms with Crippen LogP contribution in [0.5, 0.6) is 0 Å². The van der Waals surface area contributed by atoms with Gasteiger partial charge in [0.05, 0.1) is 0 Å². The van der Waals surface area contributed by atoms with Gasteiger partial charge in [0, 0.05) is 41.9 Å². The van der Waals surface area contributed by atoms with Gasteiger partial charge in [-0.2, -0.15) is 0 Å². The van der Waals surface area contributed by atoms with Gasteiger partial charge in [-0.05, 0) is 42.5 Å². The fourth-order valence-corrected chi connectivity index (χ4v) is 2.22. The fraction of sp³-hybridized carbons (Fsp3) is 0.167. The van der Waals surface area contributed by atoms with E-state index in [9.17, 15) is 14.4 Å². The Labute approximate surface area is 150 Å². The molecule has 0 saturated carbocycles. The van der Waals surface area contributed by atoms with E-state index in [0.717, 1.165) is 0 Å². The van der Waals surface area contributed by atoms with Gasteiger partial charge in [-0.25, -0.2) is 0 Å². The van der Waals surface area contributed by atoms with E-state index in [1.54, 1.807) is 48.5 Å². The lowest BCUT2D eigenvalue weighted by atomic mass is 10.2. The molecule has 0 fully saturated rings. The lowest BCUT2D eigenvalue weighted by Crippen LogP contribution is -2.34. The molecule has 2 aromatic rings. The summed E-state index contributed by atoms with van der Waals surface area (Å²) in [6, 6.07) is 13.1. The average molecular weight is 360 g/mol. The van der Waals surface area contributed by atoms with Crippen LogP contribution in [-0.4, -0.2) is 30.8 Å². The zero-order valence-corrected chi connectivity index (χ0v) is 14.4. The van der Waals surface area contributed by atoms with Gasteiger partial charge in [-0.3, -0.25) is 14.4 Å². The van der Waals surface area contributed by atoms with Crippen LogP contribution in [0.4, 0.5) is 5.69 Å². The van der Waals surface area contributed by atoms with Crippen molar-refractivity contribution in [3.8, 4) is 0 Å². The van der Waals surface area contributed by atoms with Crippen LogP contribution in [0, 0.1) is 0 Å². The Balaban J connectivity index is 1.79. The number of carbonyl (C=O) groups is 3. The minimum Gasteiger partial charge on any atom is -0.350 e. The Morgan fingerprint density at radius 3 is 2.08 bits per heavy atom. The molecular formula is C18H18ClN3O3. The van der Waals surface area contributed by atoms with Crippen LogP contribution in [0.3, 0.4) is 0 Å². The van der Waals surface area contributed by atoms with Crippen molar-refractivity contribution in [2.45, 2.75) is 6.92 Å². The zero-order valence-electron chi connectivity index (χ0n) is 13.6. The van der Waals surface area contributed by atoms with Crippen LogP contribution >= 0.6 is 11.6 Å². The summed E-state index contributed by atoms with van der Waals surface area (Å²) in [5.74, 6) is -0.728. The summed E-state index contributed by atoms with van der Waals surface area (Å²) in [5, 5.41) is 8.60. The fourth-order valence-electron chi connectivity index (χ4n) is 2.10. The maximum absolute atomic E-state index is 12.1. The number of rotatable bonds is 6. The molecule has 0 atom stereocenters. The van der Waals surface area contributed by atoms with Gasteiger partial charge in [-0.1, -0.05) is 17.7 Å². The molecule has 0 aromatic heterocycles. The molecule has 0 aliphatic heterocycles. The Morgan fingerprint density at radius 2 is 1.48 bits per heavy atom. The van der Waals surface area contributed by atoms with E-state index < -0.39 is 0 Å². The van der Waals surface area contributed by atoms with Crippen molar-refractivity contribution in [3.63, 3.8) is 0 Å². The molecule has 0 aliphatic rings. The molecule has 25 heavy (non-hydrogen) atoms. The summed E-state index contributed by atoms with van der Waals surface area (Å²) in [7, 11) is 0. The summed E-state index contributed by atoms with van der Waals surface area (Å²) in [6.07, 6.45) is 0. The quantitative estimate of drug-likeness (QED) is 0.692. The van der Waals surface area contributed by atoms with Crippen LogP contribution in [0.1, 0.15) is 27.6 Å². The van der Waals surface area contributed by atoms with E-state index in [-0.39, 0.29) is 24.3 Å². The zero-order chi connectivity index (χ0) is 18.2. The number of carbonyl (C=O) groups excluding carboxylic acids is 3. The number of halogens is 1. The molecule has 6 nitrogen and oxygen atoms in total. The van der Waals surface area contributed by atoms with Crippen LogP contribution in [0.25, 0.3) is 0 Å². The molecule has 2 aromatic carbocycles. The molecule has 0 unspecified atom stereocenters. The maximum Gasteiger partial charge on any atom is 0.251 e. The van der Waals surface area contributed by atoms with Crippen LogP contribution < -0.4 is 16.0 Å². The van der Waals surface area contributed by atoms with Crippen molar-refractivity contribution in [1.82, 2.24) is 10.6 Å². The summed E-state index contributed by atoms with van der Waals surface area (Å²) >= 11 is 5.77. The Bertz CT molecular complexity index is 775. The molecule has 3 N–H and O–H groups in total. The Morgan fingerprint density at radius 1 is 0.880 bits per heavy atom. The minimum atomic E-state index is -0.284. The van der Waals surface area contributed by atoms with E-state index in [1.165, 1.54) is 6.92 Å². The van der Waals surface area contributed by atoms with Crippen LogP contribution in [0.15, 0.2) is 48.5 Å². The SMILES string of the molecule is CC(=O)Nc1cccc(C(=O)NCCNC(=O)c2ccc(Cl)cc2)c1. The third-order valence-electron chi connectivity index (χ3n) is 3.25. The molecule has 0 spiro atoms. The van der Waals surface area contributed by atoms with Gasteiger partial charge < -0.3 is 16.0 Å². The van der Waals surface area contributed by atoms with Crippen LogP contribution in [-0.2, 0) is 4.79 Å². The second-order valence-corrected chi connectivity index (χ2v) is 5.72. The van der Waals surface area contributed by atoms with E-state index >= 15 is 0 Å². The lowest BCUT2D eigenvalue weighted by molar-refractivity contribution is -0.114. The number of benzene rings is 2. The number of anilines is 1. The summed E-state index contributed by atoms with van der Waals surface area (Å²) in [6.45, 7) is 1.97. The molecule has 2 rings (SSSR count). The van der Waals surface area contributed by atoms with Gasteiger partial charge in [0.2, 0.25) is 5.91 Å². The third kappa shape index (κ3) is 5.93. The second-order valence-electron chi connectivity index (χ2n) is 5.28. The predicted octanol–water partition coefficient (Wildman–Crippen LogP) is 2.46. The molecule has 130 valence electrons. The van der Waals surface area contributed by atoms with E-state index in [4.69, 9.17) is 11.6 Å². The van der Waals surface area contributed by atoms with Gasteiger partial charge in [0.1, 0.15) is 0 Å². The minimum absolute atomic E-state index is 0.206.